The Morgan fingerprint density at radius 1 is 1.25 bits per heavy atom. The van der Waals surface area contributed by atoms with Crippen LogP contribution in [0.2, 0.25) is 0 Å². The largest absolute Gasteiger partial charge is 0.393 e. The van der Waals surface area contributed by atoms with E-state index in [9.17, 15) is 9.90 Å². The van der Waals surface area contributed by atoms with Gasteiger partial charge in [0.05, 0.1) is 12.6 Å². The first-order valence-corrected chi connectivity index (χ1v) is 7.97. The average Bonchev–Trinajstić information content (AvgIpc) is 2.32. The molecule has 4 nitrogen and oxygen atoms in total. The number of aliphatic hydroxyl groups excluding tert-OH is 1. The summed E-state index contributed by atoms with van der Waals surface area (Å²) in [4.78, 5) is 16.7. The Morgan fingerprint density at radius 3 is 2.25 bits per heavy atom. The molecule has 4 heteroatoms. The third-order valence-electron chi connectivity index (χ3n) is 3.83. The molecule has 2 unspecified atom stereocenters. The van der Waals surface area contributed by atoms with Crippen molar-refractivity contribution >= 4 is 5.91 Å². The molecule has 20 heavy (non-hydrogen) atoms. The van der Waals surface area contributed by atoms with Crippen LogP contribution in [0.3, 0.4) is 0 Å². The van der Waals surface area contributed by atoms with Crippen molar-refractivity contribution in [2.45, 2.75) is 47.1 Å². The van der Waals surface area contributed by atoms with E-state index in [2.05, 4.69) is 39.5 Å². The summed E-state index contributed by atoms with van der Waals surface area (Å²) < 4.78 is 0. The van der Waals surface area contributed by atoms with Crippen LogP contribution in [0.4, 0.5) is 0 Å². The zero-order chi connectivity index (χ0) is 15.3. The number of rotatable bonds is 6. The number of aliphatic hydroxyl groups is 1. The lowest BCUT2D eigenvalue weighted by molar-refractivity contribution is -0.134. The molecule has 0 aromatic heterocycles. The summed E-state index contributed by atoms with van der Waals surface area (Å²) in [6.45, 7) is 14.5. The SMILES string of the molecule is CC(C)CN(CC(C)C)C(=O)CN1CCC(O)C(C)C1. The Morgan fingerprint density at radius 2 is 1.80 bits per heavy atom. The number of nitrogens with zero attached hydrogens (tertiary/aromatic N) is 2. The van der Waals surface area contributed by atoms with Crippen LogP contribution < -0.4 is 0 Å². The topological polar surface area (TPSA) is 43.8 Å². The van der Waals surface area contributed by atoms with Gasteiger partial charge in [-0.05, 0) is 24.2 Å². The second kappa shape index (κ2) is 7.99. The van der Waals surface area contributed by atoms with E-state index < -0.39 is 0 Å². The molecular formula is C16H32N2O2. The van der Waals surface area contributed by atoms with Crippen molar-refractivity contribution in [3.63, 3.8) is 0 Å². The highest BCUT2D eigenvalue weighted by atomic mass is 16.3. The number of piperidine rings is 1. The Hall–Kier alpha value is -0.610. The smallest absolute Gasteiger partial charge is 0.236 e. The summed E-state index contributed by atoms with van der Waals surface area (Å²) in [6.07, 6.45) is 0.576. The van der Waals surface area contributed by atoms with Crippen LogP contribution in [0.15, 0.2) is 0 Å². The minimum atomic E-state index is -0.205. The Bertz CT molecular complexity index is 295. The molecule has 1 saturated heterocycles. The monoisotopic (exact) mass is 284 g/mol. The lowest BCUT2D eigenvalue weighted by Gasteiger charge is -2.35. The highest BCUT2D eigenvalue weighted by molar-refractivity contribution is 5.78. The van der Waals surface area contributed by atoms with Crippen LogP contribution in [0.5, 0.6) is 0 Å². The lowest BCUT2D eigenvalue weighted by Crippen LogP contribution is -2.48. The molecule has 0 saturated carbocycles. The number of hydrogen-bond donors (Lipinski definition) is 1. The summed E-state index contributed by atoms with van der Waals surface area (Å²) in [6, 6.07) is 0. The maximum absolute atomic E-state index is 12.5. The molecule has 0 aromatic rings. The molecule has 1 fully saturated rings. The van der Waals surface area contributed by atoms with Crippen molar-refractivity contribution in [1.29, 1.82) is 0 Å². The van der Waals surface area contributed by atoms with Gasteiger partial charge in [0.1, 0.15) is 0 Å². The Balaban J connectivity index is 2.52. The predicted molar refractivity (Wildman–Crippen MR) is 82.5 cm³/mol. The van der Waals surface area contributed by atoms with Crippen molar-refractivity contribution in [1.82, 2.24) is 9.80 Å². The second-order valence-corrected chi connectivity index (χ2v) is 7.15. The first-order chi connectivity index (χ1) is 9.29. The summed E-state index contributed by atoms with van der Waals surface area (Å²) >= 11 is 0. The number of hydrogen-bond acceptors (Lipinski definition) is 3. The summed E-state index contributed by atoms with van der Waals surface area (Å²) in [5, 5.41) is 9.75. The van der Waals surface area contributed by atoms with Gasteiger partial charge in [-0.2, -0.15) is 0 Å². The van der Waals surface area contributed by atoms with E-state index in [0.717, 1.165) is 32.6 Å². The maximum atomic E-state index is 12.5. The van der Waals surface area contributed by atoms with Crippen LogP contribution in [0.25, 0.3) is 0 Å². The minimum Gasteiger partial charge on any atom is -0.393 e. The Kier molecular flexibility index (Phi) is 6.96. The molecule has 1 aliphatic rings. The van der Waals surface area contributed by atoms with Gasteiger partial charge in [0.25, 0.3) is 0 Å². The second-order valence-electron chi connectivity index (χ2n) is 7.15. The van der Waals surface area contributed by atoms with E-state index in [1.165, 1.54) is 0 Å². The molecule has 2 atom stereocenters. The van der Waals surface area contributed by atoms with E-state index in [-0.39, 0.29) is 17.9 Å². The van der Waals surface area contributed by atoms with E-state index in [0.29, 0.717) is 18.4 Å². The fourth-order valence-corrected chi connectivity index (χ4v) is 2.81. The molecule has 0 aromatic carbocycles. The molecule has 0 radical (unpaired) electrons. The average molecular weight is 284 g/mol. The molecule has 1 N–H and O–H groups in total. The van der Waals surface area contributed by atoms with Gasteiger partial charge in [-0.15, -0.1) is 0 Å². The first kappa shape index (κ1) is 17.4. The quantitative estimate of drug-likeness (QED) is 0.809. The lowest BCUT2D eigenvalue weighted by atomic mass is 9.97. The summed E-state index contributed by atoms with van der Waals surface area (Å²) in [5.41, 5.74) is 0. The molecule has 0 aliphatic carbocycles. The van der Waals surface area contributed by atoms with Gasteiger partial charge in [0, 0.05) is 26.2 Å². The van der Waals surface area contributed by atoms with E-state index >= 15 is 0 Å². The van der Waals surface area contributed by atoms with Gasteiger partial charge in [-0.3, -0.25) is 9.69 Å². The van der Waals surface area contributed by atoms with Crippen molar-refractivity contribution < 1.29 is 9.90 Å². The van der Waals surface area contributed by atoms with Crippen molar-refractivity contribution in [2.75, 3.05) is 32.7 Å². The van der Waals surface area contributed by atoms with Gasteiger partial charge >= 0.3 is 0 Å². The van der Waals surface area contributed by atoms with Crippen LogP contribution in [-0.4, -0.2) is 59.6 Å². The van der Waals surface area contributed by atoms with Gasteiger partial charge in [-0.25, -0.2) is 0 Å². The van der Waals surface area contributed by atoms with E-state index in [4.69, 9.17) is 0 Å². The number of carbonyl (C=O) groups is 1. The number of carbonyl (C=O) groups excluding carboxylic acids is 1. The summed E-state index contributed by atoms with van der Waals surface area (Å²) in [5.74, 6) is 1.50. The highest BCUT2D eigenvalue weighted by Crippen LogP contribution is 2.16. The molecule has 0 spiro atoms. The van der Waals surface area contributed by atoms with Gasteiger partial charge in [-0.1, -0.05) is 34.6 Å². The van der Waals surface area contributed by atoms with E-state index in [1.807, 2.05) is 4.90 Å². The summed E-state index contributed by atoms with van der Waals surface area (Å²) in [7, 11) is 0. The van der Waals surface area contributed by atoms with Crippen molar-refractivity contribution in [3.05, 3.63) is 0 Å². The predicted octanol–water partition coefficient (Wildman–Crippen LogP) is 1.83. The third-order valence-corrected chi connectivity index (χ3v) is 3.83. The third kappa shape index (κ3) is 5.80. The fraction of sp³-hybridized carbons (Fsp3) is 0.938. The van der Waals surface area contributed by atoms with Crippen LogP contribution in [0.1, 0.15) is 41.0 Å². The number of likely N-dealkylation sites (tertiary alicyclic amines) is 1. The normalized spacial score (nSPS) is 24.4. The zero-order valence-electron chi connectivity index (χ0n) is 13.8. The Labute approximate surface area is 124 Å². The van der Waals surface area contributed by atoms with Crippen molar-refractivity contribution in [3.8, 4) is 0 Å². The molecule has 0 bridgehead atoms. The van der Waals surface area contributed by atoms with Gasteiger partial charge in [0.15, 0.2) is 0 Å². The molecule has 118 valence electrons. The van der Waals surface area contributed by atoms with Gasteiger partial charge < -0.3 is 10.0 Å². The van der Waals surface area contributed by atoms with Crippen LogP contribution in [0, 0.1) is 17.8 Å². The molecular weight excluding hydrogens is 252 g/mol. The zero-order valence-corrected chi connectivity index (χ0v) is 13.8. The molecule has 1 amide bonds. The van der Waals surface area contributed by atoms with Crippen LogP contribution in [-0.2, 0) is 4.79 Å². The first-order valence-electron chi connectivity index (χ1n) is 7.97. The fourth-order valence-electron chi connectivity index (χ4n) is 2.81. The maximum Gasteiger partial charge on any atom is 0.236 e. The highest BCUT2D eigenvalue weighted by Gasteiger charge is 2.27. The van der Waals surface area contributed by atoms with Gasteiger partial charge in [0.2, 0.25) is 5.91 Å². The van der Waals surface area contributed by atoms with Crippen LogP contribution >= 0.6 is 0 Å². The van der Waals surface area contributed by atoms with Crippen molar-refractivity contribution in [2.24, 2.45) is 17.8 Å². The number of amides is 1. The molecule has 1 aliphatic heterocycles. The molecule has 1 heterocycles. The standard InChI is InChI=1S/C16H32N2O2/c1-12(2)8-18(9-13(3)4)16(20)11-17-7-6-15(19)14(5)10-17/h12-15,19H,6-11H2,1-5H3. The van der Waals surface area contributed by atoms with E-state index in [1.54, 1.807) is 0 Å². The molecule has 1 rings (SSSR count). The minimum absolute atomic E-state index is 0.205.